The van der Waals surface area contributed by atoms with Crippen LogP contribution in [0.1, 0.15) is 31.7 Å². The van der Waals surface area contributed by atoms with E-state index in [-0.39, 0.29) is 5.82 Å². The van der Waals surface area contributed by atoms with Crippen LogP contribution in [0.2, 0.25) is 5.02 Å². The first-order valence-electron chi connectivity index (χ1n) is 5.78. The standard InChI is InChI=1S/C13H19ClFN/c1-3-4-5-12(16-2)9-10-8-11(15)6-7-13(10)14/h6-8,12,16H,3-5,9H2,1-2H3. The Hall–Kier alpha value is -0.600. The summed E-state index contributed by atoms with van der Waals surface area (Å²) in [5.41, 5.74) is 0.886. The summed E-state index contributed by atoms with van der Waals surface area (Å²) in [5.74, 6) is -0.218. The number of unbranched alkanes of at least 4 members (excludes halogenated alkanes) is 1. The molecule has 0 amide bonds. The van der Waals surface area contributed by atoms with Crippen LogP contribution in [0.15, 0.2) is 18.2 Å². The molecular weight excluding hydrogens is 225 g/mol. The molecule has 0 radical (unpaired) electrons. The number of likely N-dealkylation sites (N-methyl/N-ethyl adjacent to an activating group) is 1. The zero-order valence-electron chi connectivity index (χ0n) is 9.89. The second-order valence-electron chi connectivity index (χ2n) is 4.07. The third kappa shape index (κ3) is 4.11. The Bertz CT molecular complexity index is 328. The van der Waals surface area contributed by atoms with Crippen LogP contribution in [0.3, 0.4) is 0 Å². The minimum absolute atomic E-state index is 0.218. The van der Waals surface area contributed by atoms with E-state index in [4.69, 9.17) is 11.6 Å². The van der Waals surface area contributed by atoms with Crippen LogP contribution in [-0.2, 0) is 6.42 Å². The van der Waals surface area contributed by atoms with Crippen molar-refractivity contribution in [2.24, 2.45) is 0 Å². The summed E-state index contributed by atoms with van der Waals surface area (Å²) in [7, 11) is 1.94. The van der Waals surface area contributed by atoms with Crippen LogP contribution in [0.25, 0.3) is 0 Å². The molecule has 0 aliphatic carbocycles. The van der Waals surface area contributed by atoms with Gasteiger partial charge in [-0.25, -0.2) is 4.39 Å². The largest absolute Gasteiger partial charge is 0.317 e. The van der Waals surface area contributed by atoms with Gasteiger partial charge in [-0.15, -0.1) is 0 Å². The predicted molar refractivity (Wildman–Crippen MR) is 67.5 cm³/mol. The number of hydrogen-bond donors (Lipinski definition) is 1. The molecule has 1 rings (SSSR count). The average Bonchev–Trinajstić information content (AvgIpc) is 2.28. The maximum Gasteiger partial charge on any atom is 0.123 e. The Labute approximate surface area is 102 Å². The molecule has 0 saturated heterocycles. The van der Waals surface area contributed by atoms with E-state index in [1.807, 2.05) is 7.05 Å². The normalized spacial score (nSPS) is 12.8. The maximum atomic E-state index is 13.1. The van der Waals surface area contributed by atoms with Gasteiger partial charge in [0, 0.05) is 11.1 Å². The summed E-state index contributed by atoms with van der Waals surface area (Å²) >= 11 is 6.04. The lowest BCUT2D eigenvalue weighted by Crippen LogP contribution is -2.27. The van der Waals surface area contributed by atoms with Gasteiger partial charge in [-0.3, -0.25) is 0 Å². The van der Waals surface area contributed by atoms with Crippen molar-refractivity contribution in [1.29, 1.82) is 0 Å². The molecule has 0 fully saturated rings. The van der Waals surface area contributed by atoms with Crippen molar-refractivity contribution < 1.29 is 4.39 Å². The van der Waals surface area contributed by atoms with Crippen molar-refractivity contribution in [3.8, 4) is 0 Å². The zero-order chi connectivity index (χ0) is 12.0. The molecule has 0 spiro atoms. The van der Waals surface area contributed by atoms with Crippen molar-refractivity contribution in [1.82, 2.24) is 5.32 Å². The molecule has 1 aromatic carbocycles. The second kappa shape index (κ2) is 6.87. The van der Waals surface area contributed by atoms with Crippen LogP contribution in [0.5, 0.6) is 0 Å². The van der Waals surface area contributed by atoms with Gasteiger partial charge >= 0.3 is 0 Å². The van der Waals surface area contributed by atoms with Crippen molar-refractivity contribution in [2.75, 3.05) is 7.05 Å². The van der Waals surface area contributed by atoms with Gasteiger partial charge in [-0.1, -0.05) is 31.4 Å². The van der Waals surface area contributed by atoms with Crippen molar-refractivity contribution in [3.63, 3.8) is 0 Å². The van der Waals surface area contributed by atoms with Gasteiger partial charge in [-0.05, 0) is 43.7 Å². The minimum Gasteiger partial charge on any atom is -0.317 e. The van der Waals surface area contributed by atoms with E-state index >= 15 is 0 Å². The number of nitrogens with one attached hydrogen (secondary N) is 1. The molecular formula is C13H19ClFN. The van der Waals surface area contributed by atoms with Crippen LogP contribution in [0, 0.1) is 5.82 Å². The zero-order valence-corrected chi connectivity index (χ0v) is 10.6. The molecule has 0 heterocycles. The average molecular weight is 244 g/mol. The van der Waals surface area contributed by atoms with E-state index < -0.39 is 0 Å². The molecule has 16 heavy (non-hydrogen) atoms. The Morgan fingerprint density at radius 2 is 2.19 bits per heavy atom. The summed E-state index contributed by atoms with van der Waals surface area (Å²) in [6, 6.07) is 4.92. The summed E-state index contributed by atoms with van der Waals surface area (Å²) < 4.78 is 13.1. The highest BCUT2D eigenvalue weighted by molar-refractivity contribution is 6.31. The van der Waals surface area contributed by atoms with E-state index in [1.54, 1.807) is 6.07 Å². The van der Waals surface area contributed by atoms with Gasteiger partial charge in [0.1, 0.15) is 5.82 Å². The first kappa shape index (κ1) is 13.5. The molecule has 0 saturated carbocycles. The predicted octanol–water partition coefficient (Wildman–Crippen LogP) is 3.80. The molecule has 1 nitrogen and oxygen atoms in total. The molecule has 1 aromatic rings. The Balaban J connectivity index is 2.65. The van der Waals surface area contributed by atoms with Crippen molar-refractivity contribution >= 4 is 11.6 Å². The highest BCUT2D eigenvalue weighted by Gasteiger charge is 2.10. The topological polar surface area (TPSA) is 12.0 Å². The maximum absolute atomic E-state index is 13.1. The van der Waals surface area contributed by atoms with E-state index in [9.17, 15) is 4.39 Å². The summed E-state index contributed by atoms with van der Waals surface area (Å²) in [4.78, 5) is 0. The summed E-state index contributed by atoms with van der Waals surface area (Å²) in [6.45, 7) is 2.17. The third-order valence-corrected chi connectivity index (χ3v) is 3.16. The quantitative estimate of drug-likeness (QED) is 0.802. The Morgan fingerprint density at radius 3 is 2.81 bits per heavy atom. The van der Waals surface area contributed by atoms with Crippen LogP contribution >= 0.6 is 11.6 Å². The molecule has 3 heteroatoms. The van der Waals surface area contributed by atoms with Gasteiger partial charge < -0.3 is 5.32 Å². The van der Waals surface area contributed by atoms with Gasteiger partial charge in [0.15, 0.2) is 0 Å². The summed E-state index contributed by atoms with van der Waals surface area (Å²) in [6.07, 6.45) is 4.24. The number of halogens is 2. The first-order valence-corrected chi connectivity index (χ1v) is 6.16. The number of benzene rings is 1. The smallest absolute Gasteiger partial charge is 0.123 e. The lowest BCUT2D eigenvalue weighted by Gasteiger charge is -2.16. The van der Waals surface area contributed by atoms with Crippen LogP contribution < -0.4 is 5.32 Å². The lowest BCUT2D eigenvalue weighted by atomic mass is 10.0. The number of rotatable bonds is 6. The molecule has 0 aromatic heterocycles. The number of hydrogen-bond acceptors (Lipinski definition) is 1. The molecule has 1 atom stereocenters. The fraction of sp³-hybridized carbons (Fsp3) is 0.538. The summed E-state index contributed by atoms with van der Waals surface area (Å²) in [5, 5.41) is 3.90. The first-order chi connectivity index (χ1) is 7.67. The van der Waals surface area contributed by atoms with Crippen molar-refractivity contribution in [2.45, 2.75) is 38.6 Å². The van der Waals surface area contributed by atoms with Crippen LogP contribution in [0.4, 0.5) is 4.39 Å². The minimum atomic E-state index is -0.218. The van der Waals surface area contributed by atoms with E-state index in [2.05, 4.69) is 12.2 Å². The molecule has 0 bridgehead atoms. The monoisotopic (exact) mass is 243 g/mol. The van der Waals surface area contributed by atoms with E-state index in [1.165, 1.54) is 25.0 Å². The molecule has 1 unspecified atom stereocenters. The highest BCUT2D eigenvalue weighted by Crippen LogP contribution is 2.19. The van der Waals surface area contributed by atoms with E-state index in [0.29, 0.717) is 11.1 Å². The van der Waals surface area contributed by atoms with Gasteiger partial charge in [-0.2, -0.15) is 0 Å². The third-order valence-electron chi connectivity index (χ3n) is 2.79. The van der Waals surface area contributed by atoms with Gasteiger partial charge in [0.05, 0.1) is 0 Å². The Kier molecular flexibility index (Phi) is 5.78. The highest BCUT2D eigenvalue weighted by atomic mass is 35.5. The molecule has 0 aliphatic rings. The van der Waals surface area contributed by atoms with Crippen molar-refractivity contribution in [3.05, 3.63) is 34.6 Å². The van der Waals surface area contributed by atoms with Gasteiger partial charge in [0.2, 0.25) is 0 Å². The molecule has 0 aliphatic heterocycles. The molecule has 90 valence electrons. The van der Waals surface area contributed by atoms with Gasteiger partial charge in [0.25, 0.3) is 0 Å². The lowest BCUT2D eigenvalue weighted by molar-refractivity contribution is 0.497. The van der Waals surface area contributed by atoms with Crippen LogP contribution in [-0.4, -0.2) is 13.1 Å². The second-order valence-corrected chi connectivity index (χ2v) is 4.47. The van der Waals surface area contributed by atoms with E-state index in [0.717, 1.165) is 18.4 Å². The SMILES string of the molecule is CCCCC(Cc1cc(F)ccc1Cl)NC. The fourth-order valence-corrected chi connectivity index (χ4v) is 1.96. The fourth-order valence-electron chi connectivity index (χ4n) is 1.76. The molecule has 1 N–H and O–H groups in total. The Morgan fingerprint density at radius 1 is 1.44 bits per heavy atom.